The summed E-state index contributed by atoms with van der Waals surface area (Å²) in [5.74, 6) is 1.74. The van der Waals surface area contributed by atoms with Crippen LogP contribution in [0.2, 0.25) is 0 Å². The van der Waals surface area contributed by atoms with Crippen molar-refractivity contribution >= 4 is 0 Å². The number of rotatable bonds is 4. The van der Waals surface area contributed by atoms with Crippen LogP contribution in [0, 0.1) is 0 Å². The molecule has 1 fully saturated rings. The standard InChI is InChI=1S/C12H12N2O2/c1-3-10(15-7-11-8-16-11)4-2-9(1)12-13-5-6-14-12/h1-6,11H,7-8H2,(H,13,14). The number of epoxide rings is 1. The summed E-state index contributed by atoms with van der Waals surface area (Å²) in [6.07, 6.45) is 3.85. The summed E-state index contributed by atoms with van der Waals surface area (Å²) in [5.41, 5.74) is 1.06. The number of imidazole rings is 1. The molecule has 1 aromatic carbocycles. The zero-order valence-corrected chi connectivity index (χ0v) is 8.72. The Labute approximate surface area is 93.2 Å². The minimum Gasteiger partial charge on any atom is -0.491 e. The number of aromatic nitrogens is 2. The summed E-state index contributed by atoms with van der Waals surface area (Å²) in [4.78, 5) is 7.25. The van der Waals surface area contributed by atoms with Crippen molar-refractivity contribution in [1.82, 2.24) is 9.97 Å². The third-order valence-corrected chi connectivity index (χ3v) is 2.46. The lowest BCUT2D eigenvalue weighted by Crippen LogP contribution is -2.03. The van der Waals surface area contributed by atoms with Gasteiger partial charge in [-0.25, -0.2) is 4.98 Å². The molecule has 1 aliphatic rings. The monoisotopic (exact) mass is 216 g/mol. The van der Waals surface area contributed by atoms with Gasteiger partial charge < -0.3 is 14.5 Å². The number of hydrogen-bond acceptors (Lipinski definition) is 3. The summed E-state index contributed by atoms with van der Waals surface area (Å²) in [5, 5.41) is 0. The molecule has 16 heavy (non-hydrogen) atoms. The Morgan fingerprint density at radius 2 is 2.19 bits per heavy atom. The molecule has 1 saturated heterocycles. The Morgan fingerprint density at radius 1 is 1.38 bits per heavy atom. The van der Waals surface area contributed by atoms with Crippen LogP contribution >= 0.6 is 0 Å². The van der Waals surface area contributed by atoms with Crippen molar-refractivity contribution < 1.29 is 9.47 Å². The van der Waals surface area contributed by atoms with Crippen LogP contribution in [-0.2, 0) is 4.74 Å². The maximum absolute atomic E-state index is 5.55. The van der Waals surface area contributed by atoms with Gasteiger partial charge in [0.25, 0.3) is 0 Å². The van der Waals surface area contributed by atoms with Crippen LogP contribution in [0.15, 0.2) is 36.7 Å². The normalized spacial score (nSPS) is 18.4. The van der Waals surface area contributed by atoms with E-state index in [1.807, 2.05) is 30.5 Å². The molecule has 1 unspecified atom stereocenters. The minimum atomic E-state index is 0.296. The van der Waals surface area contributed by atoms with E-state index in [-0.39, 0.29) is 0 Å². The Morgan fingerprint density at radius 3 is 2.81 bits per heavy atom. The number of nitrogens with zero attached hydrogens (tertiary/aromatic N) is 1. The van der Waals surface area contributed by atoms with Gasteiger partial charge in [-0.15, -0.1) is 0 Å². The molecule has 4 nitrogen and oxygen atoms in total. The van der Waals surface area contributed by atoms with Gasteiger partial charge in [0.05, 0.1) is 6.61 Å². The van der Waals surface area contributed by atoms with E-state index in [2.05, 4.69) is 9.97 Å². The van der Waals surface area contributed by atoms with Crippen molar-refractivity contribution in [3.63, 3.8) is 0 Å². The number of H-pyrrole nitrogens is 1. The van der Waals surface area contributed by atoms with Gasteiger partial charge in [0.1, 0.15) is 24.3 Å². The van der Waals surface area contributed by atoms with Gasteiger partial charge in [-0.1, -0.05) is 0 Å². The fourth-order valence-electron chi connectivity index (χ4n) is 1.49. The summed E-state index contributed by atoms with van der Waals surface area (Å²) >= 11 is 0. The van der Waals surface area contributed by atoms with E-state index < -0.39 is 0 Å². The van der Waals surface area contributed by atoms with Gasteiger partial charge in [-0.05, 0) is 24.3 Å². The van der Waals surface area contributed by atoms with Gasteiger partial charge >= 0.3 is 0 Å². The smallest absolute Gasteiger partial charge is 0.137 e. The maximum atomic E-state index is 5.55. The largest absolute Gasteiger partial charge is 0.491 e. The average molecular weight is 216 g/mol. The molecule has 1 aromatic heterocycles. The third kappa shape index (κ3) is 2.06. The Balaban J connectivity index is 1.69. The van der Waals surface area contributed by atoms with E-state index in [9.17, 15) is 0 Å². The molecule has 0 amide bonds. The van der Waals surface area contributed by atoms with E-state index in [0.717, 1.165) is 23.7 Å². The number of hydrogen-bond donors (Lipinski definition) is 1. The first-order chi connectivity index (χ1) is 7.92. The van der Waals surface area contributed by atoms with E-state index >= 15 is 0 Å². The zero-order chi connectivity index (χ0) is 10.8. The second-order valence-electron chi connectivity index (χ2n) is 3.73. The maximum Gasteiger partial charge on any atom is 0.137 e. The van der Waals surface area contributed by atoms with Crippen LogP contribution < -0.4 is 4.74 Å². The number of aromatic amines is 1. The molecular weight excluding hydrogens is 204 g/mol. The van der Waals surface area contributed by atoms with E-state index in [1.54, 1.807) is 6.20 Å². The molecule has 0 saturated carbocycles. The Kier molecular flexibility index (Phi) is 2.34. The van der Waals surface area contributed by atoms with Crippen LogP contribution in [-0.4, -0.2) is 29.3 Å². The molecule has 0 radical (unpaired) electrons. The SMILES string of the molecule is c1c[nH]c(-c2ccc(OCC3CO3)cc2)n1. The first-order valence-corrected chi connectivity index (χ1v) is 5.26. The van der Waals surface area contributed by atoms with Crippen LogP contribution in [0.4, 0.5) is 0 Å². The molecule has 2 heterocycles. The van der Waals surface area contributed by atoms with Gasteiger partial charge in [0, 0.05) is 18.0 Å². The average Bonchev–Trinajstić information content (AvgIpc) is 3.00. The van der Waals surface area contributed by atoms with Crippen molar-refractivity contribution in [2.75, 3.05) is 13.2 Å². The second-order valence-corrected chi connectivity index (χ2v) is 3.73. The van der Waals surface area contributed by atoms with Crippen molar-refractivity contribution in [1.29, 1.82) is 0 Å². The summed E-state index contributed by atoms with van der Waals surface area (Å²) in [6.45, 7) is 1.46. The molecule has 3 rings (SSSR count). The third-order valence-electron chi connectivity index (χ3n) is 2.46. The van der Waals surface area contributed by atoms with Crippen LogP contribution in [0.25, 0.3) is 11.4 Å². The highest BCUT2D eigenvalue weighted by Gasteiger charge is 2.22. The van der Waals surface area contributed by atoms with Gasteiger partial charge in [-0.3, -0.25) is 0 Å². The molecular formula is C12H12N2O2. The van der Waals surface area contributed by atoms with E-state index in [1.165, 1.54) is 0 Å². The first-order valence-electron chi connectivity index (χ1n) is 5.26. The minimum absolute atomic E-state index is 0.296. The van der Waals surface area contributed by atoms with Crippen molar-refractivity contribution in [2.24, 2.45) is 0 Å². The fourth-order valence-corrected chi connectivity index (χ4v) is 1.49. The van der Waals surface area contributed by atoms with Crippen molar-refractivity contribution in [3.8, 4) is 17.1 Å². The highest BCUT2D eigenvalue weighted by atomic mass is 16.6. The Bertz CT molecular complexity index is 446. The van der Waals surface area contributed by atoms with Crippen molar-refractivity contribution in [2.45, 2.75) is 6.10 Å². The van der Waals surface area contributed by atoms with Gasteiger partial charge in [0.15, 0.2) is 0 Å². The van der Waals surface area contributed by atoms with Gasteiger partial charge in [0.2, 0.25) is 0 Å². The molecule has 82 valence electrons. The molecule has 0 spiro atoms. The molecule has 4 heteroatoms. The van der Waals surface area contributed by atoms with Crippen LogP contribution in [0.3, 0.4) is 0 Å². The predicted molar refractivity (Wildman–Crippen MR) is 59.3 cm³/mol. The number of ether oxygens (including phenoxy) is 2. The lowest BCUT2D eigenvalue weighted by atomic mass is 10.2. The molecule has 1 aliphatic heterocycles. The quantitative estimate of drug-likeness (QED) is 0.793. The lowest BCUT2D eigenvalue weighted by Gasteiger charge is -2.04. The summed E-state index contributed by atoms with van der Waals surface area (Å²) < 4.78 is 10.6. The van der Waals surface area contributed by atoms with Crippen LogP contribution in [0.1, 0.15) is 0 Å². The Hall–Kier alpha value is -1.81. The fraction of sp³-hybridized carbons (Fsp3) is 0.250. The molecule has 0 aliphatic carbocycles. The van der Waals surface area contributed by atoms with E-state index in [0.29, 0.717) is 12.7 Å². The molecule has 2 aromatic rings. The summed E-state index contributed by atoms with van der Waals surface area (Å²) in [6, 6.07) is 7.87. The van der Waals surface area contributed by atoms with E-state index in [4.69, 9.17) is 9.47 Å². The predicted octanol–water partition coefficient (Wildman–Crippen LogP) is 1.85. The molecule has 1 atom stereocenters. The molecule has 0 bridgehead atoms. The topological polar surface area (TPSA) is 50.4 Å². The zero-order valence-electron chi connectivity index (χ0n) is 8.72. The second kappa shape index (κ2) is 3.98. The van der Waals surface area contributed by atoms with Crippen molar-refractivity contribution in [3.05, 3.63) is 36.7 Å². The first kappa shape index (κ1) is 9.42. The summed E-state index contributed by atoms with van der Waals surface area (Å²) in [7, 11) is 0. The molecule has 1 N–H and O–H groups in total. The van der Waals surface area contributed by atoms with Gasteiger partial charge in [-0.2, -0.15) is 0 Å². The lowest BCUT2D eigenvalue weighted by molar-refractivity contribution is 0.263. The highest BCUT2D eigenvalue weighted by molar-refractivity contribution is 5.55. The van der Waals surface area contributed by atoms with Crippen LogP contribution in [0.5, 0.6) is 5.75 Å². The highest BCUT2D eigenvalue weighted by Crippen LogP contribution is 2.20. The number of nitrogens with one attached hydrogen (secondary N) is 1. The number of benzene rings is 1.